The van der Waals surface area contributed by atoms with E-state index in [1.54, 1.807) is 18.4 Å². The SMILES string of the molecule is CN=C(NCc1ccc(N(C)C)cc1)NCc1cccs1. The summed E-state index contributed by atoms with van der Waals surface area (Å²) in [4.78, 5) is 7.63. The molecule has 21 heavy (non-hydrogen) atoms. The van der Waals surface area contributed by atoms with Crippen molar-refractivity contribution in [1.29, 1.82) is 0 Å². The molecule has 1 heterocycles. The maximum atomic E-state index is 4.24. The molecular formula is C16H22N4S. The van der Waals surface area contributed by atoms with E-state index in [1.807, 2.05) is 14.1 Å². The number of hydrogen-bond acceptors (Lipinski definition) is 3. The van der Waals surface area contributed by atoms with Gasteiger partial charge in [-0.2, -0.15) is 0 Å². The van der Waals surface area contributed by atoms with Crippen molar-refractivity contribution in [2.24, 2.45) is 4.99 Å². The Morgan fingerprint density at radius 3 is 2.38 bits per heavy atom. The summed E-state index contributed by atoms with van der Waals surface area (Å²) in [7, 11) is 5.88. The summed E-state index contributed by atoms with van der Waals surface area (Å²) >= 11 is 1.74. The molecule has 2 rings (SSSR count). The monoisotopic (exact) mass is 302 g/mol. The van der Waals surface area contributed by atoms with Crippen LogP contribution in [-0.4, -0.2) is 27.1 Å². The van der Waals surface area contributed by atoms with Gasteiger partial charge in [0.2, 0.25) is 0 Å². The highest BCUT2D eigenvalue weighted by Crippen LogP contribution is 2.12. The van der Waals surface area contributed by atoms with E-state index in [-0.39, 0.29) is 0 Å². The molecule has 4 nitrogen and oxygen atoms in total. The molecule has 0 fully saturated rings. The number of anilines is 1. The predicted molar refractivity (Wildman–Crippen MR) is 92.1 cm³/mol. The Morgan fingerprint density at radius 2 is 1.81 bits per heavy atom. The van der Waals surface area contributed by atoms with Gasteiger partial charge in [-0.25, -0.2) is 0 Å². The van der Waals surface area contributed by atoms with Gasteiger partial charge in [-0.15, -0.1) is 11.3 Å². The molecule has 2 N–H and O–H groups in total. The molecule has 0 spiro atoms. The maximum absolute atomic E-state index is 4.24. The molecule has 5 heteroatoms. The van der Waals surface area contributed by atoms with Gasteiger partial charge in [0.1, 0.15) is 0 Å². The number of aliphatic imine (C=N–C) groups is 1. The quantitative estimate of drug-likeness (QED) is 0.659. The highest BCUT2D eigenvalue weighted by Gasteiger charge is 2.00. The van der Waals surface area contributed by atoms with Gasteiger partial charge < -0.3 is 15.5 Å². The Morgan fingerprint density at radius 1 is 1.10 bits per heavy atom. The molecular weight excluding hydrogens is 280 g/mol. The van der Waals surface area contributed by atoms with E-state index < -0.39 is 0 Å². The summed E-state index contributed by atoms with van der Waals surface area (Å²) in [5, 5.41) is 8.72. The molecule has 0 aliphatic rings. The Hall–Kier alpha value is -2.01. The van der Waals surface area contributed by atoms with Crippen LogP contribution in [0.25, 0.3) is 0 Å². The Balaban J connectivity index is 1.82. The van der Waals surface area contributed by atoms with Crippen LogP contribution in [0.5, 0.6) is 0 Å². The second kappa shape index (κ2) is 7.69. The van der Waals surface area contributed by atoms with Gasteiger partial charge in [0.05, 0.1) is 6.54 Å². The molecule has 0 bridgehead atoms. The first-order valence-electron chi connectivity index (χ1n) is 6.92. The van der Waals surface area contributed by atoms with Gasteiger partial charge in [0, 0.05) is 38.3 Å². The highest BCUT2D eigenvalue weighted by atomic mass is 32.1. The predicted octanol–water partition coefficient (Wildman–Crippen LogP) is 2.68. The number of benzene rings is 1. The van der Waals surface area contributed by atoms with Crippen LogP contribution in [0.3, 0.4) is 0 Å². The number of thiophene rings is 1. The van der Waals surface area contributed by atoms with Crippen molar-refractivity contribution in [3.8, 4) is 0 Å². The van der Waals surface area contributed by atoms with Crippen LogP contribution in [0.1, 0.15) is 10.4 Å². The summed E-state index contributed by atoms with van der Waals surface area (Å²) in [6, 6.07) is 12.7. The molecule has 0 saturated heterocycles. The fraction of sp³-hybridized carbons (Fsp3) is 0.312. The topological polar surface area (TPSA) is 39.7 Å². The first-order chi connectivity index (χ1) is 10.2. The average molecular weight is 302 g/mol. The second-order valence-electron chi connectivity index (χ2n) is 4.92. The van der Waals surface area contributed by atoms with Crippen LogP contribution in [-0.2, 0) is 13.1 Å². The van der Waals surface area contributed by atoms with E-state index >= 15 is 0 Å². The number of rotatable bonds is 5. The van der Waals surface area contributed by atoms with Crippen LogP contribution in [0.15, 0.2) is 46.8 Å². The largest absolute Gasteiger partial charge is 0.378 e. The normalized spacial score (nSPS) is 11.3. The van der Waals surface area contributed by atoms with Gasteiger partial charge in [-0.3, -0.25) is 4.99 Å². The summed E-state index contributed by atoms with van der Waals surface area (Å²) < 4.78 is 0. The van der Waals surface area contributed by atoms with Crippen LogP contribution in [0.2, 0.25) is 0 Å². The van der Waals surface area contributed by atoms with E-state index in [0.717, 1.165) is 19.0 Å². The summed E-state index contributed by atoms with van der Waals surface area (Å²) in [6.07, 6.45) is 0. The van der Waals surface area contributed by atoms with Gasteiger partial charge in [0.15, 0.2) is 5.96 Å². The van der Waals surface area contributed by atoms with Crippen LogP contribution >= 0.6 is 11.3 Å². The van der Waals surface area contributed by atoms with E-state index in [9.17, 15) is 0 Å². The molecule has 112 valence electrons. The third-order valence-electron chi connectivity index (χ3n) is 3.15. The van der Waals surface area contributed by atoms with Gasteiger partial charge in [-0.05, 0) is 29.1 Å². The first-order valence-corrected chi connectivity index (χ1v) is 7.80. The standard InChI is InChI=1S/C16H22N4S/c1-17-16(19-12-15-5-4-10-21-15)18-11-13-6-8-14(9-7-13)20(2)3/h4-10H,11-12H2,1-3H3,(H2,17,18,19). The Bertz CT molecular complexity index is 558. The minimum atomic E-state index is 0.762. The molecule has 0 amide bonds. The molecule has 0 atom stereocenters. The lowest BCUT2D eigenvalue weighted by molar-refractivity contribution is 0.815. The second-order valence-corrected chi connectivity index (χ2v) is 5.95. The van der Waals surface area contributed by atoms with E-state index in [1.165, 1.54) is 16.1 Å². The number of nitrogens with one attached hydrogen (secondary N) is 2. The smallest absolute Gasteiger partial charge is 0.191 e. The fourth-order valence-corrected chi connectivity index (χ4v) is 2.55. The van der Waals surface area contributed by atoms with E-state index in [0.29, 0.717) is 0 Å². The number of guanidine groups is 1. The van der Waals surface area contributed by atoms with Crippen molar-refractivity contribution >= 4 is 23.0 Å². The minimum Gasteiger partial charge on any atom is -0.378 e. The van der Waals surface area contributed by atoms with Crippen LogP contribution in [0, 0.1) is 0 Å². The first kappa shape index (κ1) is 15.4. The fourth-order valence-electron chi connectivity index (χ4n) is 1.90. The summed E-state index contributed by atoms with van der Waals surface area (Å²) in [6.45, 7) is 1.56. The molecule has 2 aromatic rings. The van der Waals surface area contributed by atoms with Crippen molar-refractivity contribution in [3.63, 3.8) is 0 Å². The molecule has 0 unspecified atom stereocenters. The number of hydrogen-bond donors (Lipinski definition) is 2. The summed E-state index contributed by atoms with van der Waals surface area (Å²) in [5.41, 5.74) is 2.44. The molecule has 1 aromatic heterocycles. The lowest BCUT2D eigenvalue weighted by Crippen LogP contribution is -2.36. The molecule has 1 aromatic carbocycles. The molecule has 0 aliphatic heterocycles. The molecule has 0 radical (unpaired) electrons. The zero-order chi connectivity index (χ0) is 15.1. The maximum Gasteiger partial charge on any atom is 0.191 e. The van der Waals surface area contributed by atoms with Gasteiger partial charge in [0.25, 0.3) is 0 Å². The third kappa shape index (κ3) is 4.79. The lowest BCUT2D eigenvalue weighted by atomic mass is 10.2. The number of nitrogens with zero attached hydrogens (tertiary/aromatic N) is 2. The van der Waals surface area contributed by atoms with Gasteiger partial charge in [-0.1, -0.05) is 18.2 Å². The average Bonchev–Trinajstić information content (AvgIpc) is 3.01. The van der Waals surface area contributed by atoms with Crippen LogP contribution < -0.4 is 15.5 Å². The zero-order valence-corrected chi connectivity index (χ0v) is 13.6. The van der Waals surface area contributed by atoms with Gasteiger partial charge >= 0.3 is 0 Å². The zero-order valence-electron chi connectivity index (χ0n) is 12.8. The summed E-state index contributed by atoms with van der Waals surface area (Å²) in [5.74, 6) is 0.820. The van der Waals surface area contributed by atoms with Crippen molar-refractivity contribution < 1.29 is 0 Å². The highest BCUT2D eigenvalue weighted by molar-refractivity contribution is 7.09. The Labute approximate surface area is 130 Å². The van der Waals surface area contributed by atoms with E-state index in [2.05, 4.69) is 62.3 Å². The van der Waals surface area contributed by atoms with Crippen molar-refractivity contribution in [2.45, 2.75) is 13.1 Å². The third-order valence-corrected chi connectivity index (χ3v) is 4.02. The van der Waals surface area contributed by atoms with Crippen molar-refractivity contribution in [3.05, 3.63) is 52.2 Å². The van der Waals surface area contributed by atoms with Crippen LogP contribution in [0.4, 0.5) is 5.69 Å². The molecule has 0 aliphatic carbocycles. The van der Waals surface area contributed by atoms with Crippen molar-refractivity contribution in [2.75, 3.05) is 26.0 Å². The Kier molecular flexibility index (Phi) is 5.63. The molecule has 0 saturated carbocycles. The van der Waals surface area contributed by atoms with E-state index in [4.69, 9.17) is 0 Å². The minimum absolute atomic E-state index is 0.762. The lowest BCUT2D eigenvalue weighted by Gasteiger charge is -2.14. The van der Waals surface area contributed by atoms with Crippen molar-refractivity contribution in [1.82, 2.24) is 10.6 Å².